The van der Waals surface area contributed by atoms with Crippen molar-refractivity contribution in [2.24, 2.45) is 0 Å². The summed E-state index contributed by atoms with van der Waals surface area (Å²) in [5.74, 6) is 0. The molecule has 3 heteroatoms. The van der Waals surface area contributed by atoms with Crippen LogP contribution in [0.5, 0.6) is 0 Å². The number of para-hydroxylation sites is 1. The Morgan fingerprint density at radius 1 is 0.667 bits per heavy atom. The van der Waals surface area contributed by atoms with Crippen molar-refractivity contribution in [3.05, 3.63) is 77.6 Å². The monoisotopic (exact) mass is 309 g/mol. The zero-order chi connectivity index (χ0) is 16.5. The molecule has 114 valence electrons. The van der Waals surface area contributed by atoms with Gasteiger partial charge in [0.05, 0.1) is 27.6 Å². The Hall–Kier alpha value is -3.33. The van der Waals surface area contributed by atoms with Gasteiger partial charge < -0.3 is 0 Å². The van der Waals surface area contributed by atoms with E-state index in [9.17, 15) is 0 Å². The molecular formula is C21H15N3. The van der Waals surface area contributed by atoms with Crippen molar-refractivity contribution in [1.82, 2.24) is 15.0 Å². The second-order valence-electron chi connectivity index (χ2n) is 5.56. The molecule has 0 bridgehead atoms. The molecule has 24 heavy (non-hydrogen) atoms. The number of pyridine rings is 1. The third-order valence-electron chi connectivity index (χ3n) is 4.00. The van der Waals surface area contributed by atoms with E-state index in [1.165, 1.54) is 0 Å². The highest BCUT2D eigenvalue weighted by atomic mass is 14.8. The fourth-order valence-electron chi connectivity index (χ4n) is 2.79. The lowest BCUT2D eigenvalue weighted by molar-refractivity contribution is 1.12. The van der Waals surface area contributed by atoms with Crippen LogP contribution in [0, 0.1) is 0 Å². The van der Waals surface area contributed by atoms with Gasteiger partial charge >= 0.3 is 0 Å². The molecule has 2 heterocycles. The molecule has 4 aromatic rings. The van der Waals surface area contributed by atoms with Crippen LogP contribution in [-0.2, 0) is 0 Å². The minimum Gasteiger partial charge on any atom is -0.256 e. The van der Waals surface area contributed by atoms with E-state index in [1.54, 1.807) is 6.20 Å². The van der Waals surface area contributed by atoms with E-state index in [0.717, 1.165) is 33.4 Å². The first kappa shape index (κ1) is 14.3. The third kappa shape index (κ3) is 2.36. The number of aromatic nitrogens is 3. The molecule has 0 amide bonds. The van der Waals surface area contributed by atoms with Crippen LogP contribution in [0.3, 0.4) is 0 Å². The average Bonchev–Trinajstić information content (AvgIpc) is 2.64. The molecule has 2 aromatic carbocycles. The standard InChI is InChI=1S/C21H15N3/c1-14-15(2)24-21(20(23-14)16-8-4-3-5-9-16)18-12-13-22-19-11-7-6-10-17(18)19/h3-13H,1-2H2. The lowest BCUT2D eigenvalue weighted by atomic mass is 10.0. The molecule has 0 aliphatic heterocycles. The van der Waals surface area contributed by atoms with Gasteiger partial charge in [-0.15, -0.1) is 0 Å². The fourth-order valence-corrected chi connectivity index (χ4v) is 2.79. The molecule has 2 aromatic heterocycles. The average molecular weight is 309 g/mol. The van der Waals surface area contributed by atoms with Gasteiger partial charge in [0.25, 0.3) is 0 Å². The third-order valence-corrected chi connectivity index (χ3v) is 4.00. The van der Waals surface area contributed by atoms with Crippen LogP contribution in [0.4, 0.5) is 0 Å². The summed E-state index contributed by atoms with van der Waals surface area (Å²) in [4.78, 5) is 13.8. The van der Waals surface area contributed by atoms with Crippen molar-refractivity contribution >= 4 is 24.1 Å². The van der Waals surface area contributed by atoms with Crippen LogP contribution < -0.4 is 10.7 Å². The molecule has 0 saturated heterocycles. The van der Waals surface area contributed by atoms with Gasteiger partial charge in [-0.3, -0.25) is 4.98 Å². The number of rotatable bonds is 2. The van der Waals surface area contributed by atoms with Gasteiger partial charge in [-0.2, -0.15) is 0 Å². The summed E-state index contributed by atoms with van der Waals surface area (Å²) in [6.07, 6.45) is 1.80. The Balaban J connectivity index is 2.10. The Bertz CT molecular complexity index is 1130. The van der Waals surface area contributed by atoms with Crippen LogP contribution in [0.2, 0.25) is 0 Å². The zero-order valence-corrected chi connectivity index (χ0v) is 13.1. The van der Waals surface area contributed by atoms with Crippen molar-refractivity contribution in [1.29, 1.82) is 0 Å². The number of fused-ring (bicyclic) bond motifs is 1. The number of benzene rings is 2. The van der Waals surface area contributed by atoms with E-state index in [0.29, 0.717) is 10.7 Å². The smallest absolute Gasteiger partial charge is 0.0980 e. The fraction of sp³-hybridized carbons (Fsp3) is 0. The van der Waals surface area contributed by atoms with Gasteiger partial charge in [0.2, 0.25) is 0 Å². The number of hydrogen-bond donors (Lipinski definition) is 0. The van der Waals surface area contributed by atoms with E-state index < -0.39 is 0 Å². The second kappa shape index (κ2) is 5.70. The molecule has 0 aliphatic rings. The highest BCUT2D eigenvalue weighted by Crippen LogP contribution is 2.31. The number of hydrogen-bond acceptors (Lipinski definition) is 3. The molecule has 0 unspecified atom stereocenters. The van der Waals surface area contributed by atoms with Crippen LogP contribution in [0.25, 0.3) is 46.6 Å². The van der Waals surface area contributed by atoms with Crippen LogP contribution >= 0.6 is 0 Å². The molecule has 0 spiro atoms. The van der Waals surface area contributed by atoms with E-state index in [2.05, 4.69) is 29.2 Å². The van der Waals surface area contributed by atoms with Gasteiger partial charge in [0, 0.05) is 22.7 Å². The summed E-state index contributed by atoms with van der Waals surface area (Å²) in [7, 11) is 0. The van der Waals surface area contributed by atoms with E-state index >= 15 is 0 Å². The summed E-state index contributed by atoms with van der Waals surface area (Å²) in [5, 5.41) is 2.23. The summed E-state index contributed by atoms with van der Waals surface area (Å²) in [6.45, 7) is 7.92. The molecule has 3 nitrogen and oxygen atoms in total. The van der Waals surface area contributed by atoms with Crippen LogP contribution in [0.1, 0.15) is 0 Å². The maximum Gasteiger partial charge on any atom is 0.0980 e. The summed E-state index contributed by atoms with van der Waals surface area (Å²) < 4.78 is 0. The highest BCUT2D eigenvalue weighted by molar-refractivity contribution is 5.96. The Morgan fingerprint density at radius 3 is 2.12 bits per heavy atom. The maximum absolute atomic E-state index is 4.71. The van der Waals surface area contributed by atoms with Crippen molar-refractivity contribution in [3.63, 3.8) is 0 Å². The first-order valence-electron chi connectivity index (χ1n) is 7.69. The summed E-state index contributed by atoms with van der Waals surface area (Å²) in [5.41, 5.74) is 4.55. The van der Waals surface area contributed by atoms with E-state index in [-0.39, 0.29) is 0 Å². The highest BCUT2D eigenvalue weighted by Gasteiger charge is 2.13. The quantitative estimate of drug-likeness (QED) is 0.571. The Morgan fingerprint density at radius 2 is 1.33 bits per heavy atom. The normalized spacial score (nSPS) is 10.8. The molecule has 4 rings (SSSR count). The minimum atomic E-state index is 0.588. The molecule has 0 N–H and O–H groups in total. The largest absolute Gasteiger partial charge is 0.256 e. The molecule has 0 fully saturated rings. The van der Waals surface area contributed by atoms with Gasteiger partial charge in [0.1, 0.15) is 0 Å². The van der Waals surface area contributed by atoms with E-state index in [4.69, 9.17) is 4.98 Å². The van der Waals surface area contributed by atoms with Crippen LogP contribution in [0.15, 0.2) is 66.9 Å². The molecule has 0 atom stereocenters. The number of nitrogens with zero attached hydrogens (tertiary/aromatic N) is 3. The molecule has 0 aliphatic carbocycles. The summed E-state index contributed by atoms with van der Waals surface area (Å²) in [6, 6.07) is 20.0. The van der Waals surface area contributed by atoms with Gasteiger partial charge in [0.15, 0.2) is 0 Å². The maximum atomic E-state index is 4.71. The lowest BCUT2D eigenvalue weighted by Gasteiger charge is -2.11. The first-order chi connectivity index (χ1) is 11.7. The minimum absolute atomic E-state index is 0.588. The molecular weight excluding hydrogens is 294 g/mol. The zero-order valence-electron chi connectivity index (χ0n) is 13.1. The van der Waals surface area contributed by atoms with Gasteiger partial charge in [-0.1, -0.05) is 61.7 Å². The topological polar surface area (TPSA) is 38.7 Å². The Labute approximate surface area is 139 Å². The second-order valence-corrected chi connectivity index (χ2v) is 5.56. The van der Waals surface area contributed by atoms with Crippen molar-refractivity contribution in [2.45, 2.75) is 0 Å². The lowest BCUT2D eigenvalue weighted by Crippen LogP contribution is -2.30. The Kier molecular flexibility index (Phi) is 3.39. The van der Waals surface area contributed by atoms with Crippen molar-refractivity contribution in [2.75, 3.05) is 0 Å². The van der Waals surface area contributed by atoms with Crippen LogP contribution in [-0.4, -0.2) is 15.0 Å². The van der Waals surface area contributed by atoms with Gasteiger partial charge in [-0.25, -0.2) is 9.97 Å². The van der Waals surface area contributed by atoms with Crippen molar-refractivity contribution < 1.29 is 0 Å². The molecule has 0 saturated carbocycles. The SMILES string of the molecule is C=c1nc(-c2ccccc2)c(-c2ccnc3ccccc23)nc1=C. The predicted octanol–water partition coefficient (Wildman–Crippen LogP) is 3.18. The predicted molar refractivity (Wildman–Crippen MR) is 98.5 cm³/mol. The first-order valence-corrected chi connectivity index (χ1v) is 7.69. The van der Waals surface area contributed by atoms with Gasteiger partial charge in [-0.05, 0) is 12.1 Å². The summed E-state index contributed by atoms with van der Waals surface area (Å²) >= 11 is 0. The van der Waals surface area contributed by atoms with Crippen molar-refractivity contribution in [3.8, 4) is 22.5 Å². The molecule has 0 radical (unpaired) electrons. The van der Waals surface area contributed by atoms with E-state index in [1.807, 2.05) is 54.6 Å².